The van der Waals surface area contributed by atoms with E-state index in [9.17, 15) is 20.1 Å². The zero-order valence-corrected chi connectivity index (χ0v) is 63.3. The number of rotatable bonds is 10. The van der Waals surface area contributed by atoms with E-state index < -0.39 is 14.2 Å². The molecule has 8 N–H and O–H groups in total. The Hall–Kier alpha value is -14.4. The molecule has 24 heteroatoms. The minimum absolute atomic E-state index is 0.391. The normalized spacial score (nSPS) is 11.3. The minimum atomic E-state index is -1.54. The molecule has 0 aliphatic rings. The van der Waals surface area contributed by atoms with Crippen LogP contribution in [-0.2, 0) is 0 Å². The molecule has 24 aromatic rings. The van der Waals surface area contributed by atoms with E-state index >= 15 is 0 Å². The zero-order chi connectivity index (χ0) is 81.5. The Kier molecular flexibility index (Phi) is 20.5. The highest BCUT2D eigenvalue weighted by molar-refractivity contribution is 6.62. The van der Waals surface area contributed by atoms with Crippen molar-refractivity contribution in [1.29, 1.82) is 0 Å². The van der Waals surface area contributed by atoms with Crippen LogP contribution in [0.4, 0.5) is 0 Å². The zero-order valence-electron chi connectivity index (χ0n) is 63.3. The molecule has 0 saturated carbocycles. The Labute approximate surface area is 684 Å². The SMILES string of the molecule is OB(O)c1ccc2oc3ccc4ccccc4c3c2c1.OB(O)c1cccc2c1oc1ccc3ccccc3c12.O[B]Oc1cc2ccccc2c2c1oc1ccccc12.O[B]Oc1cc2oc3ccccc3c2c2ccccc12.O[B]Oc1ccc2c(ccc3oc4ccccc4c32)c1.O[B]Oc1cccc2c1ccc1oc3ccccc3c12. The average molecular weight is 1570 g/mol. The molecule has 0 saturated heterocycles. The van der Waals surface area contributed by atoms with Gasteiger partial charge in [-0.15, -0.1) is 0 Å². The van der Waals surface area contributed by atoms with Crippen molar-refractivity contribution >= 4 is 252 Å². The Morgan fingerprint density at radius 1 is 0.208 bits per heavy atom. The lowest BCUT2D eigenvalue weighted by atomic mass is 9.79. The van der Waals surface area contributed by atoms with E-state index in [0.717, 1.165) is 185 Å². The number of benzene rings is 18. The first-order valence-electron chi connectivity index (χ1n) is 38.2. The molecule has 0 fully saturated rings. The van der Waals surface area contributed by atoms with Gasteiger partial charge in [-0.1, -0.05) is 237 Å². The van der Waals surface area contributed by atoms with E-state index in [1.54, 1.807) is 24.3 Å². The van der Waals surface area contributed by atoms with Gasteiger partial charge in [-0.25, -0.2) is 0 Å². The summed E-state index contributed by atoms with van der Waals surface area (Å²) in [6.07, 6.45) is 0. The summed E-state index contributed by atoms with van der Waals surface area (Å²) in [6.45, 7) is 0. The van der Waals surface area contributed by atoms with Gasteiger partial charge < -0.3 is 85.3 Å². The molecular weight excluding hydrogens is 1510 g/mol. The van der Waals surface area contributed by atoms with Gasteiger partial charge in [0.05, 0.1) is 0 Å². The molecule has 18 aromatic carbocycles. The van der Waals surface area contributed by atoms with Gasteiger partial charge in [-0.3, -0.25) is 0 Å². The van der Waals surface area contributed by atoms with Crippen molar-refractivity contribution in [2.24, 2.45) is 0 Å². The van der Waals surface area contributed by atoms with Gasteiger partial charge in [0.2, 0.25) is 0 Å². The Balaban J connectivity index is 0.0000000952. The molecule has 0 aliphatic heterocycles. The van der Waals surface area contributed by atoms with Crippen molar-refractivity contribution in [2.75, 3.05) is 0 Å². The molecule has 0 spiro atoms. The predicted molar refractivity (Wildman–Crippen MR) is 481 cm³/mol. The number of hydrogen-bond donors (Lipinski definition) is 8. The summed E-state index contributed by atoms with van der Waals surface area (Å²) in [5.74, 6) is 2.32. The van der Waals surface area contributed by atoms with Gasteiger partial charge in [0.25, 0.3) is 0 Å². The molecule has 0 bridgehead atoms. The molecule has 120 heavy (non-hydrogen) atoms. The van der Waals surface area contributed by atoms with Crippen molar-refractivity contribution in [3.05, 3.63) is 328 Å². The van der Waals surface area contributed by atoms with Crippen LogP contribution in [0.3, 0.4) is 0 Å². The molecule has 0 aliphatic carbocycles. The van der Waals surface area contributed by atoms with Gasteiger partial charge >= 0.3 is 45.0 Å². The number of para-hydroxylation sites is 5. The molecular formula is C96H62B6O18. The molecule has 6 heterocycles. The largest absolute Gasteiger partial charge is 0.569 e. The van der Waals surface area contributed by atoms with Crippen molar-refractivity contribution in [3.63, 3.8) is 0 Å². The van der Waals surface area contributed by atoms with Crippen LogP contribution in [0.2, 0.25) is 0 Å². The van der Waals surface area contributed by atoms with Crippen molar-refractivity contribution in [2.45, 2.75) is 0 Å². The molecule has 0 unspecified atom stereocenters. The quantitative estimate of drug-likeness (QED) is 0.0591. The highest BCUT2D eigenvalue weighted by atomic mass is 16.5. The average Bonchev–Trinajstić information content (AvgIpc) is 1.77. The summed E-state index contributed by atoms with van der Waals surface area (Å²) in [6, 6.07) is 105. The third-order valence-electron chi connectivity index (χ3n) is 21.5. The summed E-state index contributed by atoms with van der Waals surface area (Å²) < 4.78 is 55.7. The van der Waals surface area contributed by atoms with Gasteiger partial charge in [0.1, 0.15) is 84.4 Å². The molecule has 0 atom stereocenters. The maximum atomic E-state index is 9.46. The molecule has 572 valence electrons. The fraction of sp³-hybridized carbons (Fsp3) is 0. The third-order valence-corrected chi connectivity index (χ3v) is 21.5. The summed E-state index contributed by atoms with van der Waals surface area (Å²) >= 11 is 0. The molecule has 0 amide bonds. The second-order valence-electron chi connectivity index (χ2n) is 28.2. The third kappa shape index (κ3) is 13.9. The van der Waals surface area contributed by atoms with Gasteiger partial charge in [-0.05, 0) is 144 Å². The fourth-order valence-electron chi connectivity index (χ4n) is 16.3. The van der Waals surface area contributed by atoms with Crippen LogP contribution in [-0.4, -0.2) is 85.2 Å². The van der Waals surface area contributed by atoms with E-state index in [1.807, 2.05) is 267 Å². The topological polar surface area (TPSA) is 278 Å². The van der Waals surface area contributed by atoms with E-state index in [2.05, 4.69) is 36.4 Å². The Morgan fingerprint density at radius 2 is 0.575 bits per heavy atom. The molecule has 6 aromatic heterocycles. The van der Waals surface area contributed by atoms with E-state index in [-0.39, 0.29) is 0 Å². The van der Waals surface area contributed by atoms with E-state index in [1.165, 1.54) is 0 Å². The molecule has 18 nitrogen and oxygen atoms in total. The van der Waals surface area contributed by atoms with Crippen molar-refractivity contribution < 1.29 is 85.3 Å². The van der Waals surface area contributed by atoms with Gasteiger partial charge in [-0.2, -0.15) is 0 Å². The van der Waals surface area contributed by atoms with Crippen LogP contribution < -0.4 is 29.5 Å². The van der Waals surface area contributed by atoms with Crippen LogP contribution in [0.1, 0.15) is 0 Å². The lowest BCUT2D eigenvalue weighted by Crippen LogP contribution is -2.29. The van der Waals surface area contributed by atoms with E-state index in [4.69, 9.17) is 65.2 Å². The second kappa shape index (κ2) is 32.6. The van der Waals surface area contributed by atoms with Crippen LogP contribution in [0.5, 0.6) is 23.0 Å². The summed E-state index contributed by atoms with van der Waals surface area (Å²) in [7, 11) is -0.253. The first-order chi connectivity index (χ1) is 59.0. The monoisotopic (exact) mass is 1570 g/mol. The first-order valence-corrected chi connectivity index (χ1v) is 38.2. The smallest absolute Gasteiger partial charge is 0.537 e. The lowest BCUT2D eigenvalue weighted by Gasteiger charge is -2.07. The van der Waals surface area contributed by atoms with Gasteiger partial charge in [0.15, 0.2) is 5.58 Å². The van der Waals surface area contributed by atoms with Crippen molar-refractivity contribution in [3.8, 4) is 23.0 Å². The number of furan rings is 6. The fourth-order valence-corrected chi connectivity index (χ4v) is 16.3. The Bertz CT molecular complexity index is 7930. The highest BCUT2D eigenvalue weighted by Gasteiger charge is 2.23. The highest BCUT2D eigenvalue weighted by Crippen LogP contribution is 2.44. The second-order valence-corrected chi connectivity index (χ2v) is 28.2. The van der Waals surface area contributed by atoms with Gasteiger partial charge in [0, 0.05) is 86.9 Å². The van der Waals surface area contributed by atoms with Crippen LogP contribution in [0.25, 0.3) is 196 Å². The Morgan fingerprint density at radius 3 is 1.16 bits per heavy atom. The van der Waals surface area contributed by atoms with Crippen LogP contribution >= 0.6 is 0 Å². The van der Waals surface area contributed by atoms with Crippen molar-refractivity contribution in [1.82, 2.24) is 0 Å². The van der Waals surface area contributed by atoms with Crippen LogP contribution in [0, 0.1) is 0 Å². The van der Waals surface area contributed by atoms with Crippen LogP contribution in [0.15, 0.2) is 354 Å². The first kappa shape index (κ1) is 75.6. The summed E-state index contributed by atoms with van der Waals surface area (Å²) in [5.41, 5.74) is 10.2. The summed E-state index contributed by atoms with van der Waals surface area (Å²) in [5, 5.41) is 98.2. The molecule has 4 radical (unpaired) electrons. The number of fused-ring (bicyclic) bond motifs is 30. The summed E-state index contributed by atoms with van der Waals surface area (Å²) in [4.78, 5) is 0. The molecule has 24 rings (SSSR count). The minimum Gasteiger partial charge on any atom is -0.537 e. The maximum Gasteiger partial charge on any atom is 0.569 e. The predicted octanol–water partition coefficient (Wildman–Crippen LogP) is 19.4. The maximum absolute atomic E-state index is 9.46. The number of hydrogen-bond acceptors (Lipinski definition) is 18. The lowest BCUT2D eigenvalue weighted by molar-refractivity contribution is 0.424. The standard InChI is InChI=1S/3C16H10BO3.C16H11BO3.C16H10BO3.C16H11BO3/c18-17-20-14-9-15-16(11-6-2-1-5-10(11)14)12-7-3-4-8-13(12)19-15;18-17-20-14-9-10-5-1-2-6-11(10)15-12-7-3-4-8-13(12)19-16(14)15;18-17-20-14-7-3-5-11-10(14)8-9-15-16(11)12-4-1-2-6-13(12)19-15;18-17(19)13-7-3-6-12-15-11-5-2-1-4-10(11)8-9-14(15)20-16(12)13;18-17-20-11-6-7-12-10(9-11)5-8-15-16(12)13-3-1-2-4-14(13)19-15;18-17(19)11-6-8-14-13(9-11)16-12-4-2-1-3-10(12)5-7-15(16)20-14/h3*1-9,18H;1-9,18-19H;1-9,18H;1-9,18-19H. The van der Waals surface area contributed by atoms with E-state index in [0.29, 0.717) is 75.8 Å².